The molecule has 0 saturated carbocycles. The van der Waals surface area contributed by atoms with Gasteiger partial charge in [-0.05, 0) is 62.8 Å². The Morgan fingerprint density at radius 1 is 1.22 bits per heavy atom. The highest BCUT2D eigenvalue weighted by Gasteiger charge is 2.19. The maximum Gasteiger partial charge on any atom is 0.419 e. The van der Waals surface area contributed by atoms with Crippen molar-refractivity contribution >= 4 is 34.5 Å². The fourth-order valence-electron chi connectivity index (χ4n) is 3.33. The van der Waals surface area contributed by atoms with Crippen LogP contribution >= 0.6 is 11.8 Å². The zero-order chi connectivity index (χ0) is 22.8. The molecule has 2 heterocycles. The van der Waals surface area contributed by atoms with Gasteiger partial charge in [-0.1, -0.05) is 11.8 Å². The number of likely N-dealkylation sites (N-methyl/N-ethyl adjacent to an activating group) is 1. The van der Waals surface area contributed by atoms with Gasteiger partial charge in [-0.2, -0.15) is 0 Å². The van der Waals surface area contributed by atoms with E-state index in [1.54, 1.807) is 39.5 Å². The van der Waals surface area contributed by atoms with E-state index in [0.29, 0.717) is 46.4 Å². The number of imidazole rings is 1. The number of benzene rings is 2. The number of carbonyl (C=O) groups excluding carboxylic acids is 1. The zero-order valence-corrected chi connectivity index (χ0v) is 18.6. The SMILES string of the molecule is CSc1ncc(C(=O)Nc2ccc3oc(=O)n(CCN(C)C)c3c2)n1-c1ccc(F)cc1. The third kappa shape index (κ3) is 4.32. The average molecular weight is 456 g/mol. The van der Waals surface area contributed by atoms with Crippen LogP contribution in [0.3, 0.4) is 0 Å². The minimum absolute atomic E-state index is 0.304. The van der Waals surface area contributed by atoms with Gasteiger partial charge in [-0.3, -0.25) is 13.9 Å². The van der Waals surface area contributed by atoms with E-state index >= 15 is 0 Å². The first-order chi connectivity index (χ1) is 15.4. The molecule has 1 N–H and O–H groups in total. The number of anilines is 1. The predicted octanol–water partition coefficient (Wildman–Crippen LogP) is 3.46. The lowest BCUT2D eigenvalue weighted by molar-refractivity contribution is 0.102. The third-order valence-corrected chi connectivity index (χ3v) is 5.58. The topological polar surface area (TPSA) is 85.3 Å². The van der Waals surface area contributed by atoms with Gasteiger partial charge in [0.15, 0.2) is 10.7 Å². The second-order valence-corrected chi connectivity index (χ2v) is 8.17. The molecule has 0 aliphatic carbocycles. The number of oxazole rings is 1. The van der Waals surface area contributed by atoms with Gasteiger partial charge in [0.2, 0.25) is 0 Å². The molecule has 0 aliphatic rings. The van der Waals surface area contributed by atoms with Gasteiger partial charge in [0, 0.05) is 24.5 Å². The number of fused-ring (bicyclic) bond motifs is 1. The number of rotatable bonds is 7. The summed E-state index contributed by atoms with van der Waals surface area (Å²) in [6, 6.07) is 10.9. The van der Waals surface area contributed by atoms with E-state index in [1.807, 2.05) is 25.3 Å². The number of hydrogen-bond acceptors (Lipinski definition) is 6. The fourth-order valence-corrected chi connectivity index (χ4v) is 3.87. The standard InChI is InChI=1S/C22H22FN5O3S/c1-26(2)10-11-27-17-12-15(6-9-19(17)31-22(27)30)25-20(29)18-13-24-21(32-3)28(18)16-7-4-14(23)5-8-16/h4-9,12-13H,10-11H2,1-3H3,(H,25,29). The fraction of sp³-hybridized carbons (Fsp3) is 0.227. The zero-order valence-electron chi connectivity index (χ0n) is 17.8. The van der Waals surface area contributed by atoms with Gasteiger partial charge in [0.1, 0.15) is 11.5 Å². The quantitative estimate of drug-likeness (QED) is 0.430. The molecule has 4 aromatic rings. The summed E-state index contributed by atoms with van der Waals surface area (Å²) < 4.78 is 21.9. The Labute approximate surface area is 187 Å². The molecular formula is C22H22FN5O3S. The van der Waals surface area contributed by atoms with Gasteiger partial charge in [-0.25, -0.2) is 14.2 Å². The number of halogens is 1. The summed E-state index contributed by atoms with van der Waals surface area (Å²) in [5.74, 6) is -1.18. The maximum absolute atomic E-state index is 13.4. The molecule has 2 aromatic heterocycles. The van der Waals surface area contributed by atoms with Crippen LogP contribution in [-0.4, -0.2) is 51.8 Å². The summed E-state index contributed by atoms with van der Waals surface area (Å²) >= 11 is 1.38. The number of nitrogens with zero attached hydrogens (tertiary/aromatic N) is 4. The Morgan fingerprint density at radius 2 is 1.97 bits per heavy atom. The molecule has 10 heteroatoms. The molecule has 0 radical (unpaired) electrons. The van der Waals surface area contributed by atoms with E-state index in [-0.39, 0.29) is 11.7 Å². The minimum Gasteiger partial charge on any atom is -0.408 e. The summed E-state index contributed by atoms with van der Waals surface area (Å²) in [4.78, 5) is 31.6. The normalized spacial score (nSPS) is 11.4. The molecule has 2 aromatic carbocycles. The van der Waals surface area contributed by atoms with Crippen molar-refractivity contribution in [3.63, 3.8) is 0 Å². The Kier molecular flexibility index (Phi) is 6.15. The highest BCUT2D eigenvalue weighted by molar-refractivity contribution is 7.98. The van der Waals surface area contributed by atoms with E-state index in [2.05, 4.69) is 10.3 Å². The largest absolute Gasteiger partial charge is 0.419 e. The van der Waals surface area contributed by atoms with Crippen LogP contribution in [0.25, 0.3) is 16.8 Å². The van der Waals surface area contributed by atoms with Crippen molar-refractivity contribution in [1.29, 1.82) is 0 Å². The van der Waals surface area contributed by atoms with Crippen molar-refractivity contribution < 1.29 is 13.6 Å². The molecule has 0 bridgehead atoms. The number of amides is 1. The van der Waals surface area contributed by atoms with Gasteiger partial charge < -0.3 is 14.6 Å². The second kappa shape index (κ2) is 9.01. The molecule has 0 saturated heterocycles. The first-order valence-electron chi connectivity index (χ1n) is 9.84. The molecule has 1 amide bonds. The Bertz CT molecular complexity index is 1320. The first-order valence-corrected chi connectivity index (χ1v) is 11.1. The van der Waals surface area contributed by atoms with Crippen LogP contribution in [0, 0.1) is 5.82 Å². The van der Waals surface area contributed by atoms with E-state index in [4.69, 9.17) is 4.42 Å². The van der Waals surface area contributed by atoms with Crippen molar-refractivity contribution in [3.05, 3.63) is 70.7 Å². The van der Waals surface area contributed by atoms with Gasteiger partial charge in [-0.15, -0.1) is 0 Å². The third-order valence-electron chi connectivity index (χ3n) is 4.93. The first kappa shape index (κ1) is 21.8. The van der Waals surface area contributed by atoms with Crippen LogP contribution in [-0.2, 0) is 6.54 Å². The summed E-state index contributed by atoms with van der Waals surface area (Å²) in [5, 5.41) is 3.46. The molecule has 166 valence electrons. The lowest BCUT2D eigenvalue weighted by Gasteiger charge is -2.12. The number of hydrogen-bond donors (Lipinski definition) is 1. The van der Waals surface area contributed by atoms with Crippen LogP contribution in [0.1, 0.15) is 10.5 Å². The maximum atomic E-state index is 13.4. The van der Waals surface area contributed by atoms with Crippen molar-refractivity contribution in [2.75, 3.05) is 32.2 Å². The molecule has 0 aliphatic heterocycles. The molecule has 8 nitrogen and oxygen atoms in total. The monoisotopic (exact) mass is 455 g/mol. The second-order valence-electron chi connectivity index (χ2n) is 7.40. The molecule has 0 spiro atoms. The van der Waals surface area contributed by atoms with Crippen LogP contribution in [0.4, 0.5) is 10.1 Å². The Hall–Kier alpha value is -3.37. The van der Waals surface area contributed by atoms with Crippen molar-refractivity contribution in [2.24, 2.45) is 0 Å². The molecule has 0 fully saturated rings. The minimum atomic E-state index is -0.440. The molecule has 0 atom stereocenters. The summed E-state index contributed by atoms with van der Waals surface area (Å²) in [7, 11) is 3.85. The average Bonchev–Trinajstić information content (AvgIpc) is 3.33. The number of nitrogens with one attached hydrogen (secondary N) is 1. The number of thioether (sulfide) groups is 1. The highest BCUT2D eigenvalue weighted by Crippen LogP contribution is 2.24. The lowest BCUT2D eigenvalue weighted by Crippen LogP contribution is -2.23. The summed E-state index contributed by atoms with van der Waals surface area (Å²) in [6.45, 7) is 1.13. The van der Waals surface area contributed by atoms with Gasteiger partial charge >= 0.3 is 5.76 Å². The Balaban J connectivity index is 1.66. The van der Waals surface area contributed by atoms with Crippen molar-refractivity contribution in [2.45, 2.75) is 11.7 Å². The van der Waals surface area contributed by atoms with Crippen molar-refractivity contribution in [1.82, 2.24) is 19.0 Å². The van der Waals surface area contributed by atoms with Crippen LogP contribution in [0.5, 0.6) is 0 Å². The molecule has 32 heavy (non-hydrogen) atoms. The molecular weight excluding hydrogens is 433 g/mol. The van der Waals surface area contributed by atoms with Crippen LogP contribution in [0.2, 0.25) is 0 Å². The van der Waals surface area contributed by atoms with E-state index in [1.165, 1.54) is 30.1 Å². The highest BCUT2D eigenvalue weighted by atomic mass is 32.2. The summed E-state index contributed by atoms with van der Waals surface area (Å²) in [5.41, 5.74) is 2.50. The lowest BCUT2D eigenvalue weighted by atomic mass is 10.2. The number of carbonyl (C=O) groups is 1. The van der Waals surface area contributed by atoms with Crippen LogP contribution < -0.4 is 11.1 Å². The smallest absolute Gasteiger partial charge is 0.408 e. The summed E-state index contributed by atoms with van der Waals surface area (Å²) in [6.07, 6.45) is 3.33. The Morgan fingerprint density at radius 3 is 2.66 bits per heavy atom. The van der Waals surface area contributed by atoms with E-state index in [9.17, 15) is 14.0 Å². The molecule has 0 unspecified atom stereocenters. The van der Waals surface area contributed by atoms with Crippen LogP contribution in [0.15, 0.2) is 63.0 Å². The van der Waals surface area contributed by atoms with E-state index in [0.717, 1.165) is 0 Å². The van der Waals surface area contributed by atoms with Gasteiger partial charge in [0.25, 0.3) is 5.91 Å². The predicted molar refractivity (Wildman–Crippen MR) is 122 cm³/mol. The van der Waals surface area contributed by atoms with Crippen molar-refractivity contribution in [3.8, 4) is 5.69 Å². The van der Waals surface area contributed by atoms with Gasteiger partial charge in [0.05, 0.1) is 11.7 Å². The number of aromatic nitrogens is 3. The molecule has 4 rings (SSSR count). The van der Waals surface area contributed by atoms with E-state index < -0.39 is 5.76 Å².